The maximum Gasteiger partial charge on any atom is 0.337 e. The van der Waals surface area contributed by atoms with Gasteiger partial charge in [0.15, 0.2) is 0 Å². The van der Waals surface area contributed by atoms with E-state index >= 15 is 0 Å². The first kappa shape index (κ1) is 11.2. The van der Waals surface area contributed by atoms with Crippen LogP contribution in [0, 0.1) is 11.6 Å². The molecular formula is C12H7F2NO2. The number of nitrogens with zero attached hydrogens (tertiary/aromatic N) is 1. The van der Waals surface area contributed by atoms with Gasteiger partial charge < -0.3 is 5.11 Å². The molecule has 0 radical (unpaired) electrons. The Morgan fingerprint density at radius 3 is 2.24 bits per heavy atom. The number of aromatic carboxylic acids is 1. The van der Waals surface area contributed by atoms with Crippen LogP contribution in [-0.2, 0) is 0 Å². The summed E-state index contributed by atoms with van der Waals surface area (Å²) in [5, 5.41) is 8.78. The number of halogens is 2. The first-order valence-electron chi connectivity index (χ1n) is 4.71. The minimum atomic E-state index is -1.14. The lowest BCUT2D eigenvalue weighted by atomic mass is 10.1. The molecule has 0 fully saturated rings. The summed E-state index contributed by atoms with van der Waals surface area (Å²) >= 11 is 0. The molecule has 0 amide bonds. The van der Waals surface area contributed by atoms with Crippen LogP contribution in [0.1, 0.15) is 10.4 Å². The number of pyridine rings is 1. The molecule has 0 aliphatic rings. The van der Waals surface area contributed by atoms with Crippen LogP contribution in [0.15, 0.2) is 36.7 Å². The maximum absolute atomic E-state index is 13.0. The number of benzene rings is 1. The molecule has 1 aromatic heterocycles. The zero-order valence-electron chi connectivity index (χ0n) is 8.52. The quantitative estimate of drug-likeness (QED) is 0.870. The second kappa shape index (κ2) is 4.29. The first-order chi connectivity index (χ1) is 8.06. The van der Waals surface area contributed by atoms with Crippen LogP contribution in [0.25, 0.3) is 11.1 Å². The highest BCUT2D eigenvalue weighted by molar-refractivity contribution is 5.88. The third-order valence-corrected chi connectivity index (χ3v) is 2.18. The summed E-state index contributed by atoms with van der Waals surface area (Å²) in [6.07, 6.45) is 2.52. The van der Waals surface area contributed by atoms with E-state index in [1.807, 2.05) is 0 Å². The summed E-state index contributed by atoms with van der Waals surface area (Å²) in [5.41, 5.74) is 0.563. The van der Waals surface area contributed by atoms with E-state index in [-0.39, 0.29) is 11.1 Å². The fourth-order valence-electron chi connectivity index (χ4n) is 1.44. The number of carbonyl (C=O) groups is 1. The van der Waals surface area contributed by atoms with E-state index in [0.717, 1.165) is 18.2 Å². The van der Waals surface area contributed by atoms with Gasteiger partial charge in [0, 0.05) is 24.0 Å². The van der Waals surface area contributed by atoms with Crippen LogP contribution < -0.4 is 0 Å². The van der Waals surface area contributed by atoms with Crippen molar-refractivity contribution in [3.05, 3.63) is 53.9 Å². The number of aromatic nitrogens is 1. The number of carboxylic acid groups (broad SMARTS) is 1. The molecule has 1 heterocycles. The lowest BCUT2D eigenvalue weighted by Gasteiger charge is -2.03. The SMILES string of the molecule is O=C(O)c1cncc(-c2cc(F)cc(F)c2)c1. The Kier molecular flexibility index (Phi) is 2.82. The standard InChI is InChI=1S/C12H7F2NO2/c13-10-2-7(3-11(14)4-10)8-1-9(12(16)17)6-15-5-8/h1-6H,(H,16,17). The van der Waals surface area contributed by atoms with Gasteiger partial charge in [-0.2, -0.15) is 0 Å². The van der Waals surface area contributed by atoms with Gasteiger partial charge in [-0.25, -0.2) is 13.6 Å². The Balaban J connectivity index is 2.52. The number of hydrogen-bond acceptors (Lipinski definition) is 2. The predicted molar refractivity (Wildman–Crippen MR) is 56.5 cm³/mol. The average Bonchev–Trinajstić information content (AvgIpc) is 2.28. The maximum atomic E-state index is 13.0. The number of rotatable bonds is 2. The van der Waals surface area contributed by atoms with Crippen LogP contribution >= 0.6 is 0 Å². The molecule has 86 valence electrons. The van der Waals surface area contributed by atoms with Crippen LogP contribution in [-0.4, -0.2) is 16.1 Å². The molecule has 5 heteroatoms. The van der Waals surface area contributed by atoms with Crippen molar-refractivity contribution < 1.29 is 18.7 Å². The highest BCUT2D eigenvalue weighted by Crippen LogP contribution is 2.21. The molecular weight excluding hydrogens is 228 g/mol. The monoisotopic (exact) mass is 235 g/mol. The van der Waals surface area contributed by atoms with Gasteiger partial charge in [0.25, 0.3) is 0 Å². The first-order valence-corrected chi connectivity index (χ1v) is 4.71. The van der Waals surface area contributed by atoms with Gasteiger partial charge in [0.05, 0.1) is 5.56 Å². The van der Waals surface area contributed by atoms with Crippen molar-refractivity contribution in [3.63, 3.8) is 0 Å². The molecule has 0 aliphatic heterocycles. The summed E-state index contributed by atoms with van der Waals surface area (Å²) in [6, 6.07) is 4.29. The molecule has 3 nitrogen and oxygen atoms in total. The Hall–Kier alpha value is -2.30. The Morgan fingerprint density at radius 1 is 1.00 bits per heavy atom. The second-order valence-electron chi connectivity index (χ2n) is 3.43. The third kappa shape index (κ3) is 2.44. The summed E-state index contributed by atoms with van der Waals surface area (Å²) in [4.78, 5) is 14.4. The molecule has 0 spiro atoms. The van der Waals surface area contributed by atoms with Crippen LogP contribution in [0.3, 0.4) is 0 Å². The number of hydrogen-bond donors (Lipinski definition) is 1. The zero-order chi connectivity index (χ0) is 12.4. The van der Waals surface area contributed by atoms with Crippen molar-refractivity contribution in [1.29, 1.82) is 0 Å². The van der Waals surface area contributed by atoms with E-state index < -0.39 is 17.6 Å². The molecule has 17 heavy (non-hydrogen) atoms. The van der Waals surface area contributed by atoms with E-state index in [9.17, 15) is 13.6 Å². The van der Waals surface area contributed by atoms with Crippen LogP contribution in [0.4, 0.5) is 8.78 Å². The summed E-state index contributed by atoms with van der Waals surface area (Å²) in [6.45, 7) is 0. The Labute approximate surface area is 95.4 Å². The molecule has 0 saturated carbocycles. The van der Waals surface area contributed by atoms with Crippen molar-refractivity contribution in [2.45, 2.75) is 0 Å². The summed E-state index contributed by atoms with van der Waals surface area (Å²) in [5.74, 6) is -2.59. The van der Waals surface area contributed by atoms with Crippen molar-refractivity contribution in [2.24, 2.45) is 0 Å². The van der Waals surface area contributed by atoms with Crippen molar-refractivity contribution in [3.8, 4) is 11.1 Å². The summed E-state index contributed by atoms with van der Waals surface area (Å²) < 4.78 is 26.0. The molecule has 1 aromatic carbocycles. The minimum absolute atomic E-state index is 0.0350. The van der Waals surface area contributed by atoms with Gasteiger partial charge in [-0.1, -0.05) is 0 Å². The molecule has 0 unspecified atom stereocenters. The molecule has 0 saturated heterocycles. The predicted octanol–water partition coefficient (Wildman–Crippen LogP) is 2.73. The van der Waals surface area contributed by atoms with Gasteiger partial charge in [-0.15, -0.1) is 0 Å². The molecule has 0 atom stereocenters. The van der Waals surface area contributed by atoms with E-state index in [1.54, 1.807) is 0 Å². The van der Waals surface area contributed by atoms with Crippen molar-refractivity contribution in [2.75, 3.05) is 0 Å². The smallest absolute Gasteiger partial charge is 0.337 e. The Morgan fingerprint density at radius 2 is 1.65 bits per heavy atom. The highest BCUT2D eigenvalue weighted by atomic mass is 19.1. The van der Waals surface area contributed by atoms with Gasteiger partial charge >= 0.3 is 5.97 Å². The number of carboxylic acids is 1. The average molecular weight is 235 g/mol. The van der Waals surface area contributed by atoms with Crippen LogP contribution in [0.2, 0.25) is 0 Å². The lowest BCUT2D eigenvalue weighted by Crippen LogP contribution is -1.97. The lowest BCUT2D eigenvalue weighted by molar-refractivity contribution is 0.0696. The van der Waals surface area contributed by atoms with Gasteiger partial charge in [0.1, 0.15) is 11.6 Å². The summed E-state index contributed by atoms with van der Waals surface area (Å²) in [7, 11) is 0. The van der Waals surface area contributed by atoms with E-state index in [1.165, 1.54) is 18.5 Å². The molecule has 2 rings (SSSR count). The zero-order valence-corrected chi connectivity index (χ0v) is 8.52. The fraction of sp³-hybridized carbons (Fsp3) is 0. The molecule has 0 aliphatic carbocycles. The van der Waals surface area contributed by atoms with Gasteiger partial charge in [-0.05, 0) is 23.8 Å². The topological polar surface area (TPSA) is 50.2 Å². The van der Waals surface area contributed by atoms with Gasteiger partial charge in [-0.3, -0.25) is 4.98 Å². The molecule has 2 aromatic rings. The minimum Gasteiger partial charge on any atom is -0.478 e. The highest BCUT2D eigenvalue weighted by Gasteiger charge is 2.07. The Bertz CT molecular complexity index is 564. The largest absolute Gasteiger partial charge is 0.478 e. The van der Waals surface area contributed by atoms with Crippen molar-refractivity contribution in [1.82, 2.24) is 4.98 Å². The normalized spacial score (nSPS) is 10.2. The van der Waals surface area contributed by atoms with E-state index in [2.05, 4.69) is 4.98 Å². The van der Waals surface area contributed by atoms with Crippen molar-refractivity contribution >= 4 is 5.97 Å². The van der Waals surface area contributed by atoms with E-state index in [4.69, 9.17) is 5.11 Å². The molecule has 0 bridgehead atoms. The molecule has 1 N–H and O–H groups in total. The fourth-order valence-corrected chi connectivity index (χ4v) is 1.44. The second-order valence-corrected chi connectivity index (χ2v) is 3.43. The van der Waals surface area contributed by atoms with E-state index in [0.29, 0.717) is 5.56 Å². The van der Waals surface area contributed by atoms with Crippen LogP contribution in [0.5, 0.6) is 0 Å². The third-order valence-electron chi connectivity index (χ3n) is 2.18. The van der Waals surface area contributed by atoms with Gasteiger partial charge in [0.2, 0.25) is 0 Å².